The van der Waals surface area contributed by atoms with Crippen LogP contribution >= 0.6 is 0 Å². The molecule has 168 valence electrons. The molecule has 3 rings (SSSR count). The number of carbonyl (C=O) groups excluding carboxylic acids is 3. The van der Waals surface area contributed by atoms with Gasteiger partial charge in [-0.25, -0.2) is 9.59 Å². The zero-order chi connectivity index (χ0) is 23.3. The van der Waals surface area contributed by atoms with Crippen molar-refractivity contribution in [3.05, 3.63) is 59.2 Å². The van der Waals surface area contributed by atoms with Crippen LogP contribution in [-0.4, -0.2) is 38.7 Å². The fourth-order valence-corrected chi connectivity index (χ4v) is 4.14. The van der Waals surface area contributed by atoms with E-state index in [2.05, 4.69) is 0 Å². The molecule has 0 amide bonds. The van der Waals surface area contributed by atoms with Crippen LogP contribution in [0.3, 0.4) is 0 Å². The van der Waals surface area contributed by atoms with Gasteiger partial charge in [0.05, 0.1) is 37.9 Å². The van der Waals surface area contributed by atoms with E-state index in [4.69, 9.17) is 14.2 Å². The summed E-state index contributed by atoms with van der Waals surface area (Å²) in [4.78, 5) is 38.9. The molecule has 0 saturated carbocycles. The second-order valence-electron chi connectivity index (χ2n) is 7.53. The lowest BCUT2D eigenvalue weighted by Crippen LogP contribution is -2.22. The molecule has 0 spiro atoms. The lowest BCUT2D eigenvalue weighted by Gasteiger charge is -2.22. The van der Waals surface area contributed by atoms with E-state index in [1.165, 1.54) is 14.2 Å². The molecule has 0 aliphatic rings. The summed E-state index contributed by atoms with van der Waals surface area (Å²) < 4.78 is 15.4. The fourth-order valence-electron chi connectivity index (χ4n) is 4.14. The number of methoxy groups -OCH3 is 2. The van der Waals surface area contributed by atoms with Crippen molar-refractivity contribution in [2.45, 2.75) is 39.0 Å². The normalized spacial score (nSPS) is 11.9. The van der Waals surface area contributed by atoms with Crippen LogP contribution in [-0.2, 0) is 19.0 Å². The van der Waals surface area contributed by atoms with Crippen LogP contribution in [0.5, 0.6) is 0 Å². The maximum atomic E-state index is 13.0. The Labute approximate surface area is 187 Å². The van der Waals surface area contributed by atoms with Gasteiger partial charge in [0, 0.05) is 0 Å². The Hall–Kier alpha value is -3.41. The van der Waals surface area contributed by atoms with Gasteiger partial charge in [0.2, 0.25) is 0 Å². The minimum Gasteiger partial charge on any atom is -0.466 e. The molecule has 0 heterocycles. The summed E-state index contributed by atoms with van der Waals surface area (Å²) in [6.07, 6.45) is 2.10. The molecule has 0 aromatic heterocycles. The molecule has 0 N–H and O–H groups in total. The van der Waals surface area contributed by atoms with E-state index in [0.29, 0.717) is 17.4 Å². The molecule has 1 atom stereocenters. The number of benzene rings is 3. The Morgan fingerprint density at radius 2 is 1.53 bits per heavy atom. The number of unbranched alkanes of at least 4 members (excludes halogenated alkanes) is 1. The van der Waals surface area contributed by atoms with Gasteiger partial charge in [-0.15, -0.1) is 0 Å². The molecule has 0 aliphatic heterocycles. The number of rotatable bonds is 8. The molecule has 0 saturated heterocycles. The van der Waals surface area contributed by atoms with Gasteiger partial charge in [-0.05, 0) is 46.5 Å². The van der Waals surface area contributed by atoms with Gasteiger partial charge in [-0.2, -0.15) is 0 Å². The largest absolute Gasteiger partial charge is 0.466 e. The average molecular weight is 437 g/mol. The topological polar surface area (TPSA) is 78.9 Å². The van der Waals surface area contributed by atoms with Crippen LogP contribution in [0.4, 0.5) is 0 Å². The van der Waals surface area contributed by atoms with Crippen LogP contribution in [0.25, 0.3) is 21.5 Å². The SMILES string of the molecule is CCCCC(C(=O)OCC)c1cc2c(ccc3ccccc32)c(C(=O)OC)c1C(=O)OC. The Morgan fingerprint density at radius 1 is 0.844 bits per heavy atom. The molecule has 0 radical (unpaired) electrons. The fraction of sp³-hybridized carbons (Fsp3) is 0.346. The van der Waals surface area contributed by atoms with E-state index in [1.807, 2.05) is 43.3 Å². The molecule has 0 bridgehead atoms. The Morgan fingerprint density at radius 3 is 2.19 bits per heavy atom. The van der Waals surface area contributed by atoms with Crippen molar-refractivity contribution in [1.82, 2.24) is 0 Å². The van der Waals surface area contributed by atoms with Crippen molar-refractivity contribution >= 4 is 39.5 Å². The second kappa shape index (κ2) is 10.3. The number of carbonyl (C=O) groups is 3. The van der Waals surface area contributed by atoms with E-state index in [1.54, 1.807) is 13.0 Å². The number of fused-ring (bicyclic) bond motifs is 3. The standard InChI is InChI=1S/C26H28O6/c1-5-7-11-19(24(27)32-6-2)21-15-20-17-12-9-8-10-16(17)13-14-18(20)22(25(28)30-3)23(21)26(29)31-4/h8-10,12-15,19H,5-7,11H2,1-4H3. The van der Waals surface area contributed by atoms with E-state index in [0.717, 1.165) is 29.0 Å². The van der Waals surface area contributed by atoms with Crippen molar-refractivity contribution in [3.63, 3.8) is 0 Å². The number of esters is 3. The molecule has 0 aliphatic carbocycles. The van der Waals surface area contributed by atoms with Crippen molar-refractivity contribution in [2.24, 2.45) is 0 Å². The molecule has 3 aromatic carbocycles. The average Bonchev–Trinajstić information content (AvgIpc) is 2.82. The summed E-state index contributed by atoms with van der Waals surface area (Å²) in [5.74, 6) is -2.50. The number of ether oxygens (including phenoxy) is 3. The predicted octanol–water partition coefficient (Wildman–Crippen LogP) is 5.40. The highest BCUT2D eigenvalue weighted by atomic mass is 16.5. The van der Waals surface area contributed by atoms with Crippen LogP contribution in [0.15, 0.2) is 42.5 Å². The molecule has 32 heavy (non-hydrogen) atoms. The van der Waals surface area contributed by atoms with Crippen molar-refractivity contribution in [1.29, 1.82) is 0 Å². The van der Waals surface area contributed by atoms with Crippen LogP contribution in [0.2, 0.25) is 0 Å². The second-order valence-corrected chi connectivity index (χ2v) is 7.53. The summed E-state index contributed by atoms with van der Waals surface area (Å²) in [7, 11) is 2.52. The zero-order valence-electron chi connectivity index (χ0n) is 18.9. The van der Waals surface area contributed by atoms with Crippen LogP contribution < -0.4 is 0 Å². The lowest BCUT2D eigenvalue weighted by atomic mass is 9.83. The summed E-state index contributed by atoms with van der Waals surface area (Å²) in [5.41, 5.74) is 0.577. The highest BCUT2D eigenvalue weighted by molar-refractivity contribution is 6.19. The van der Waals surface area contributed by atoms with E-state index < -0.39 is 23.8 Å². The minimum atomic E-state index is -0.712. The summed E-state index contributed by atoms with van der Waals surface area (Å²) in [6, 6.07) is 13.3. The van der Waals surface area contributed by atoms with E-state index in [-0.39, 0.29) is 17.7 Å². The first-order valence-corrected chi connectivity index (χ1v) is 10.8. The zero-order valence-corrected chi connectivity index (χ0v) is 18.9. The third-order valence-corrected chi connectivity index (χ3v) is 5.65. The van der Waals surface area contributed by atoms with Gasteiger partial charge in [0.1, 0.15) is 0 Å². The summed E-state index contributed by atoms with van der Waals surface area (Å²) >= 11 is 0. The molecule has 1 unspecified atom stereocenters. The van der Waals surface area contributed by atoms with E-state index in [9.17, 15) is 14.4 Å². The quantitative estimate of drug-likeness (QED) is 0.267. The number of hydrogen-bond acceptors (Lipinski definition) is 6. The van der Waals surface area contributed by atoms with Crippen molar-refractivity contribution in [3.8, 4) is 0 Å². The predicted molar refractivity (Wildman–Crippen MR) is 123 cm³/mol. The highest BCUT2D eigenvalue weighted by Gasteiger charge is 2.33. The van der Waals surface area contributed by atoms with Crippen molar-refractivity contribution in [2.75, 3.05) is 20.8 Å². The Bertz CT molecular complexity index is 1160. The van der Waals surface area contributed by atoms with Gasteiger partial charge in [0.15, 0.2) is 0 Å². The third kappa shape index (κ3) is 4.31. The van der Waals surface area contributed by atoms with Gasteiger partial charge >= 0.3 is 17.9 Å². The minimum absolute atomic E-state index is 0.0521. The Balaban J connectivity index is 2.48. The van der Waals surface area contributed by atoms with Gasteiger partial charge in [0.25, 0.3) is 0 Å². The molecule has 3 aromatic rings. The lowest BCUT2D eigenvalue weighted by molar-refractivity contribution is -0.145. The summed E-state index contributed by atoms with van der Waals surface area (Å²) in [5, 5.41) is 3.22. The van der Waals surface area contributed by atoms with Gasteiger partial charge < -0.3 is 14.2 Å². The molecular weight excluding hydrogens is 408 g/mol. The summed E-state index contributed by atoms with van der Waals surface area (Å²) in [6.45, 7) is 3.98. The first-order chi connectivity index (χ1) is 15.5. The molecule has 0 fully saturated rings. The maximum absolute atomic E-state index is 13.0. The van der Waals surface area contributed by atoms with Crippen LogP contribution in [0, 0.1) is 0 Å². The third-order valence-electron chi connectivity index (χ3n) is 5.65. The van der Waals surface area contributed by atoms with Crippen molar-refractivity contribution < 1.29 is 28.6 Å². The highest BCUT2D eigenvalue weighted by Crippen LogP contribution is 2.37. The van der Waals surface area contributed by atoms with Gasteiger partial charge in [-0.3, -0.25) is 4.79 Å². The monoisotopic (exact) mass is 436 g/mol. The number of hydrogen-bond donors (Lipinski definition) is 0. The van der Waals surface area contributed by atoms with Gasteiger partial charge in [-0.1, -0.05) is 56.2 Å². The maximum Gasteiger partial charge on any atom is 0.339 e. The van der Waals surface area contributed by atoms with E-state index >= 15 is 0 Å². The Kier molecular flexibility index (Phi) is 7.46. The smallest absolute Gasteiger partial charge is 0.339 e. The molecular formula is C26H28O6. The first kappa shape index (κ1) is 23.3. The first-order valence-electron chi connectivity index (χ1n) is 10.8. The molecule has 6 nitrogen and oxygen atoms in total. The van der Waals surface area contributed by atoms with Crippen LogP contribution in [0.1, 0.15) is 65.3 Å². The molecule has 6 heteroatoms.